The minimum atomic E-state index is -0.193. The van der Waals surface area contributed by atoms with Gasteiger partial charge in [0, 0.05) is 17.1 Å². The number of carbonyl (C=O) groups excluding carboxylic acids is 1. The fraction of sp³-hybridized carbons (Fsp3) is 0.0909. The smallest absolute Gasteiger partial charge is 0.295 e. The first kappa shape index (κ1) is 16.1. The third kappa shape index (κ3) is 2.97. The highest BCUT2D eigenvalue weighted by atomic mass is 16.3. The van der Waals surface area contributed by atoms with E-state index in [1.165, 1.54) is 0 Å². The maximum atomic E-state index is 13.3. The second-order valence-corrected chi connectivity index (χ2v) is 6.12. The van der Waals surface area contributed by atoms with E-state index in [0.29, 0.717) is 23.7 Å². The molecule has 0 radical (unpaired) electrons. The number of para-hydroxylation sites is 1. The number of pyridine rings is 1. The Balaban J connectivity index is 1.77. The van der Waals surface area contributed by atoms with Gasteiger partial charge in [-0.2, -0.15) is 0 Å². The summed E-state index contributed by atoms with van der Waals surface area (Å²) in [6.45, 7) is 2.34. The van der Waals surface area contributed by atoms with Crippen LogP contribution in [-0.4, -0.2) is 10.9 Å². The van der Waals surface area contributed by atoms with Crippen LogP contribution < -0.4 is 4.90 Å². The van der Waals surface area contributed by atoms with E-state index in [4.69, 9.17) is 4.42 Å². The van der Waals surface area contributed by atoms with Gasteiger partial charge in [0.2, 0.25) is 0 Å². The van der Waals surface area contributed by atoms with Gasteiger partial charge in [0.1, 0.15) is 11.4 Å². The summed E-state index contributed by atoms with van der Waals surface area (Å²) >= 11 is 0. The van der Waals surface area contributed by atoms with E-state index in [1.54, 1.807) is 11.1 Å². The summed E-state index contributed by atoms with van der Waals surface area (Å²) in [5.74, 6) is 0.759. The number of carbonyl (C=O) groups is 1. The molecule has 26 heavy (non-hydrogen) atoms. The predicted molar refractivity (Wildman–Crippen MR) is 102 cm³/mol. The summed E-state index contributed by atoms with van der Waals surface area (Å²) in [6.07, 6.45) is 1.69. The Morgan fingerprint density at radius 1 is 0.962 bits per heavy atom. The second-order valence-electron chi connectivity index (χ2n) is 6.12. The molecule has 4 aromatic rings. The van der Waals surface area contributed by atoms with E-state index >= 15 is 0 Å². The topological polar surface area (TPSA) is 46.3 Å². The maximum absolute atomic E-state index is 13.3. The molecule has 2 heterocycles. The van der Waals surface area contributed by atoms with E-state index in [-0.39, 0.29) is 5.91 Å². The molecule has 0 aliphatic rings. The molecule has 4 heteroatoms. The molecule has 128 valence electrons. The number of aryl methyl sites for hydroxylation is 1. The van der Waals surface area contributed by atoms with Crippen LogP contribution in [0.3, 0.4) is 0 Å². The van der Waals surface area contributed by atoms with E-state index < -0.39 is 0 Å². The molecule has 0 fully saturated rings. The average Bonchev–Trinajstić information content (AvgIpc) is 3.04. The first-order chi connectivity index (χ1) is 12.7. The van der Waals surface area contributed by atoms with Gasteiger partial charge < -0.3 is 4.42 Å². The highest BCUT2D eigenvalue weighted by Crippen LogP contribution is 2.27. The zero-order chi connectivity index (χ0) is 17.9. The SMILES string of the molecule is Cc1c(C(=O)N(Cc2ccccc2)c2ccccn2)oc2ccccc12. The van der Waals surface area contributed by atoms with Gasteiger partial charge in [0.15, 0.2) is 5.76 Å². The van der Waals surface area contributed by atoms with Crippen LogP contribution in [0.5, 0.6) is 0 Å². The summed E-state index contributed by atoms with van der Waals surface area (Å²) in [4.78, 5) is 19.4. The Morgan fingerprint density at radius 2 is 1.69 bits per heavy atom. The number of hydrogen-bond acceptors (Lipinski definition) is 3. The van der Waals surface area contributed by atoms with Crippen LogP contribution in [-0.2, 0) is 6.54 Å². The van der Waals surface area contributed by atoms with E-state index in [9.17, 15) is 4.79 Å². The van der Waals surface area contributed by atoms with Gasteiger partial charge in [0.25, 0.3) is 5.91 Å². The first-order valence-electron chi connectivity index (χ1n) is 8.49. The van der Waals surface area contributed by atoms with Crippen LogP contribution in [0, 0.1) is 6.92 Å². The highest BCUT2D eigenvalue weighted by molar-refractivity contribution is 6.07. The Labute approximate surface area is 151 Å². The number of furan rings is 1. The van der Waals surface area contributed by atoms with Crippen molar-refractivity contribution in [1.29, 1.82) is 0 Å². The molecule has 2 aromatic heterocycles. The Bertz CT molecular complexity index is 1040. The summed E-state index contributed by atoms with van der Waals surface area (Å²) in [5, 5.41) is 0.955. The summed E-state index contributed by atoms with van der Waals surface area (Å²) in [6, 6.07) is 23.1. The molecule has 0 unspecified atom stereocenters. The Hall–Kier alpha value is -3.40. The number of fused-ring (bicyclic) bond motifs is 1. The molecular formula is C22H18N2O2. The number of anilines is 1. The Morgan fingerprint density at radius 3 is 2.42 bits per heavy atom. The molecule has 0 N–H and O–H groups in total. The number of aromatic nitrogens is 1. The van der Waals surface area contributed by atoms with Gasteiger partial charge in [-0.3, -0.25) is 9.69 Å². The fourth-order valence-corrected chi connectivity index (χ4v) is 3.04. The van der Waals surface area contributed by atoms with Gasteiger partial charge in [0.05, 0.1) is 6.54 Å². The van der Waals surface area contributed by atoms with Crippen molar-refractivity contribution < 1.29 is 9.21 Å². The fourth-order valence-electron chi connectivity index (χ4n) is 3.04. The van der Waals surface area contributed by atoms with Crippen molar-refractivity contribution in [2.24, 2.45) is 0 Å². The monoisotopic (exact) mass is 342 g/mol. The van der Waals surface area contributed by atoms with Crippen molar-refractivity contribution in [1.82, 2.24) is 4.98 Å². The number of rotatable bonds is 4. The molecule has 2 aromatic carbocycles. The van der Waals surface area contributed by atoms with Crippen LogP contribution in [0.15, 0.2) is 83.4 Å². The molecule has 0 aliphatic heterocycles. The summed E-state index contributed by atoms with van der Waals surface area (Å²) < 4.78 is 5.88. The lowest BCUT2D eigenvalue weighted by atomic mass is 10.1. The highest BCUT2D eigenvalue weighted by Gasteiger charge is 2.25. The average molecular weight is 342 g/mol. The second kappa shape index (κ2) is 6.84. The van der Waals surface area contributed by atoms with E-state index in [1.807, 2.05) is 79.7 Å². The zero-order valence-corrected chi connectivity index (χ0v) is 14.4. The normalized spacial score (nSPS) is 10.8. The Kier molecular flexibility index (Phi) is 4.23. The summed E-state index contributed by atoms with van der Waals surface area (Å²) in [5.41, 5.74) is 2.59. The van der Waals surface area contributed by atoms with Gasteiger partial charge in [-0.05, 0) is 30.7 Å². The number of nitrogens with zero attached hydrogens (tertiary/aromatic N) is 2. The lowest BCUT2D eigenvalue weighted by Crippen LogP contribution is -2.31. The van der Waals surface area contributed by atoms with Crippen LogP contribution >= 0.6 is 0 Å². The minimum absolute atomic E-state index is 0.193. The minimum Gasteiger partial charge on any atom is -0.451 e. The molecule has 1 amide bonds. The molecule has 4 nitrogen and oxygen atoms in total. The van der Waals surface area contributed by atoms with Gasteiger partial charge >= 0.3 is 0 Å². The summed E-state index contributed by atoms with van der Waals surface area (Å²) in [7, 11) is 0. The van der Waals surface area contributed by atoms with Crippen LogP contribution in [0.1, 0.15) is 21.7 Å². The quantitative estimate of drug-likeness (QED) is 0.525. The van der Waals surface area contributed by atoms with Crippen molar-refractivity contribution >= 4 is 22.7 Å². The standard InChI is InChI=1S/C22H18N2O2/c1-16-18-11-5-6-12-19(18)26-21(16)22(25)24(20-13-7-8-14-23-20)15-17-9-3-2-4-10-17/h2-14H,15H2,1H3. The third-order valence-corrected chi connectivity index (χ3v) is 4.39. The van der Waals surface area contributed by atoms with E-state index in [0.717, 1.165) is 16.5 Å². The van der Waals surface area contributed by atoms with Gasteiger partial charge in [-0.1, -0.05) is 54.6 Å². The van der Waals surface area contributed by atoms with Crippen LogP contribution in [0.2, 0.25) is 0 Å². The lowest BCUT2D eigenvalue weighted by molar-refractivity contribution is 0.0959. The van der Waals surface area contributed by atoms with Crippen molar-refractivity contribution in [2.75, 3.05) is 4.90 Å². The van der Waals surface area contributed by atoms with Crippen LogP contribution in [0.25, 0.3) is 11.0 Å². The molecule has 0 bridgehead atoms. The third-order valence-electron chi connectivity index (χ3n) is 4.39. The van der Waals surface area contributed by atoms with Crippen LogP contribution in [0.4, 0.5) is 5.82 Å². The van der Waals surface area contributed by atoms with Crippen molar-refractivity contribution in [2.45, 2.75) is 13.5 Å². The zero-order valence-electron chi connectivity index (χ0n) is 14.4. The van der Waals surface area contributed by atoms with Gasteiger partial charge in [-0.25, -0.2) is 4.98 Å². The lowest BCUT2D eigenvalue weighted by Gasteiger charge is -2.21. The molecule has 4 rings (SSSR count). The number of benzene rings is 2. The molecule has 0 aliphatic carbocycles. The van der Waals surface area contributed by atoms with E-state index in [2.05, 4.69) is 4.98 Å². The first-order valence-corrected chi connectivity index (χ1v) is 8.49. The molecule has 0 saturated carbocycles. The number of amides is 1. The number of hydrogen-bond donors (Lipinski definition) is 0. The van der Waals surface area contributed by atoms with Crippen molar-refractivity contribution in [3.8, 4) is 0 Å². The van der Waals surface area contributed by atoms with Crippen molar-refractivity contribution in [3.63, 3.8) is 0 Å². The molecular weight excluding hydrogens is 324 g/mol. The maximum Gasteiger partial charge on any atom is 0.295 e. The largest absolute Gasteiger partial charge is 0.451 e. The molecule has 0 atom stereocenters. The predicted octanol–water partition coefficient (Wildman–Crippen LogP) is 4.98. The molecule has 0 saturated heterocycles. The van der Waals surface area contributed by atoms with Gasteiger partial charge in [-0.15, -0.1) is 0 Å². The molecule has 0 spiro atoms. The van der Waals surface area contributed by atoms with Crippen molar-refractivity contribution in [3.05, 3.63) is 95.9 Å².